The molecule has 5 rings (SSSR count). The van der Waals surface area contributed by atoms with Crippen LogP contribution in [0, 0.1) is 29.6 Å². The number of para-hydroxylation sites is 1. The zero-order valence-electron chi connectivity index (χ0n) is 35.2. The molecule has 9 atom stereocenters. The van der Waals surface area contributed by atoms with Crippen LogP contribution >= 0.6 is 11.8 Å². The largest absolute Gasteiger partial charge is 0.391 e. The third kappa shape index (κ3) is 11.5. The molecule has 4 heterocycles. The summed E-state index contributed by atoms with van der Waals surface area (Å²) < 4.78 is 0. The molecule has 0 radical (unpaired) electrons. The first kappa shape index (κ1) is 46.8. The van der Waals surface area contributed by atoms with E-state index in [-0.39, 0.29) is 37.5 Å². The summed E-state index contributed by atoms with van der Waals surface area (Å²) in [6.07, 6.45) is -2.45. The van der Waals surface area contributed by atoms with E-state index in [4.69, 9.17) is 5.73 Å². The number of aromatic amines is 1. The number of rotatable bonds is 6. The zero-order chi connectivity index (χ0) is 44.7. The zero-order valence-corrected chi connectivity index (χ0v) is 36.0. The van der Waals surface area contributed by atoms with Gasteiger partial charge >= 0.3 is 0 Å². The van der Waals surface area contributed by atoms with Gasteiger partial charge in [-0.3, -0.25) is 43.2 Å². The Kier molecular flexibility index (Phi) is 15.7. The van der Waals surface area contributed by atoms with Crippen molar-refractivity contribution in [1.82, 2.24) is 36.5 Å². The number of hydrogen-bond donors (Lipinski definition) is 8. The van der Waals surface area contributed by atoms with Gasteiger partial charge < -0.3 is 47.3 Å². The normalized spacial score (nSPS) is 27.9. The number of aliphatic hydroxyl groups is 1. The van der Waals surface area contributed by atoms with Gasteiger partial charge in [-0.25, -0.2) is 0 Å². The highest BCUT2D eigenvalue weighted by Crippen LogP contribution is 2.34. The summed E-state index contributed by atoms with van der Waals surface area (Å²) >= 11 is 1.15. The average Bonchev–Trinajstić information content (AvgIpc) is 3.78. The minimum atomic E-state index is -1.38. The van der Waals surface area contributed by atoms with E-state index < -0.39 is 133 Å². The molecule has 0 aliphatic carbocycles. The van der Waals surface area contributed by atoms with Crippen molar-refractivity contribution in [2.24, 2.45) is 35.3 Å². The summed E-state index contributed by atoms with van der Waals surface area (Å²) in [6, 6.07) is 2.43. The van der Waals surface area contributed by atoms with Crippen LogP contribution < -0.4 is 32.3 Å². The molecule has 2 aromatic rings. The Morgan fingerprint density at radius 2 is 1.52 bits per heavy atom. The lowest BCUT2D eigenvalue weighted by Crippen LogP contribution is -2.56. The van der Waals surface area contributed by atoms with Crippen LogP contribution in [0.15, 0.2) is 29.3 Å². The van der Waals surface area contributed by atoms with Gasteiger partial charge in [-0.2, -0.15) is 0 Å². The number of carbonyl (C=O) groups excluding carboxylic acids is 9. The average molecular weight is 867 g/mol. The molecular weight excluding hydrogens is 809 g/mol. The molecule has 3 aliphatic heterocycles. The molecule has 0 saturated carbocycles. The Morgan fingerprint density at radius 1 is 0.852 bits per heavy atom. The third-order valence-corrected chi connectivity index (χ3v) is 13.3. The minimum absolute atomic E-state index is 0.0249. The molecule has 332 valence electrons. The van der Waals surface area contributed by atoms with Crippen molar-refractivity contribution >= 4 is 75.6 Å². The molecule has 1 saturated heterocycles. The van der Waals surface area contributed by atoms with E-state index in [1.165, 1.54) is 0 Å². The Balaban J connectivity index is 1.68. The lowest BCUT2D eigenvalue weighted by Gasteiger charge is -2.32. The van der Waals surface area contributed by atoms with Crippen molar-refractivity contribution in [2.75, 3.05) is 25.4 Å². The van der Waals surface area contributed by atoms with Gasteiger partial charge in [0.15, 0.2) is 11.6 Å². The van der Waals surface area contributed by atoms with Gasteiger partial charge in [0.1, 0.15) is 12.1 Å². The second kappa shape index (κ2) is 20.5. The van der Waals surface area contributed by atoms with E-state index >= 15 is 0 Å². The predicted octanol–water partition coefficient (Wildman–Crippen LogP) is -0.157. The summed E-state index contributed by atoms with van der Waals surface area (Å²) in [4.78, 5) is 129. The van der Waals surface area contributed by atoms with E-state index in [0.29, 0.717) is 22.5 Å². The lowest BCUT2D eigenvalue weighted by molar-refractivity contribution is -0.145. The molecule has 1 aromatic carbocycles. The van der Waals surface area contributed by atoms with Gasteiger partial charge in [0.25, 0.3) is 0 Å². The van der Waals surface area contributed by atoms with E-state index in [9.17, 15) is 48.3 Å². The molecule has 7 amide bonds. The Morgan fingerprint density at radius 3 is 2.20 bits per heavy atom. The number of aliphatic hydroxyl groups excluding tert-OH is 1. The second-order valence-electron chi connectivity index (χ2n) is 16.9. The van der Waals surface area contributed by atoms with Crippen molar-refractivity contribution in [2.45, 2.75) is 108 Å². The topological polar surface area (TPSA) is 279 Å². The maximum Gasteiger partial charge on any atom is 0.243 e. The smallest absolute Gasteiger partial charge is 0.243 e. The summed E-state index contributed by atoms with van der Waals surface area (Å²) in [5, 5.41) is 25.3. The van der Waals surface area contributed by atoms with E-state index in [1.54, 1.807) is 26.0 Å². The van der Waals surface area contributed by atoms with E-state index in [0.717, 1.165) is 22.0 Å². The highest BCUT2D eigenvalue weighted by atomic mass is 32.2. The van der Waals surface area contributed by atoms with Crippen molar-refractivity contribution < 1.29 is 48.3 Å². The first-order chi connectivity index (χ1) is 28.9. The predicted molar refractivity (Wildman–Crippen MR) is 224 cm³/mol. The van der Waals surface area contributed by atoms with Gasteiger partial charge in [-0.15, -0.1) is 11.8 Å². The number of primary amides is 1. The highest BCUT2D eigenvalue weighted by Gasteiger charge is 2.44. The molecule has 0 spiro atoms. The summed E-state index contributed by atoms with van der Waals surface area (Å²) in [5.41, 5.74) is 6.89. The Bertz CT molecular complexity index is 2040. The quantitative estimate of drug-likeness (QED) is 0.189. The first-order valence-corrected chi connectivity index (χ1v) is 21.9. The number of aromatic nitrogens is 1. The van der Waals surface area contributed by atoms with Gasteiger partial charge in [-0.05, 0) is 35.8 Å². The van der Waals surface area contributed by atoms with Crippen LogP contribution in [0.25, 0.3) is 10.9 Å². The number of fused-ring (bicyclic) bond motifs is 5. The van der Waals surface area contributed by atoms with Crippen molar-refractivity contribution in [1.29, 1.82) is 0 Å². The number of Topliss-reactive ketones (excluding diaryl/α,β-unsaturated/α-hetero) is 2. The van der Waals surface area contributed by atoms with Crippen LogP contribution in [0.5, 0.6) is 0 Å². The van der Waals surface area contributed by atoms with Crippen LogP contribution in [-0.2, 0) is 49.6 Å². The van der Waals surface area contributed by atoms with Crippen LogP contribution in [0.2, 0.25) is 0 Å². The fourth-order valence-corrected chi connectivity index (χ4v) is 9.22. The van der Waals surface area contributed by atoms with Crippen LogP contribution in [0.3, 0.4) is 0 Å². The van der Waals surface area contributed by atoms with Crippen LogP contribution in [0.4, 0.5) is 0 Å². The maximum absolute atomic E-state index is 14.6. The van der Waals surface area contributed by atoms with E-state index in [2.05, 4.69) is 31.6 Å². The van der Waals surface area contributed by atoms with Crippen molar-refractivity contribution in [3.8, 4) is 0 Å². The fraction of sp³-hybridized carbons (Fsp3) is 0.595. The number of H-pyrrole nitrogens is 1. The van der Waals surface area contributed by atoms with E-state index in [1.807, 2.05) is 32.9 Å². The molecule has 1 unspecified atom stereocenters. The third-order valence-electron chi connectivity index (χ3n) is 12.2. The van der Waals surface area contributed by atoms with Crippen molar-refractivity contribution in [3.63, 3.8) is 0 Å². The number of thioether (sulfide) groups is 1. The number of ketones is 2. The molecule has 61 heavy (non-hydrogen) atoms. The number of benzene rings is 1. The number of amides is 7. The number of nitrogens with zero attached hydrogens (tertiary/aromatic N) is 1. The molecule has 3 aliphatic rings. The molecular formula is C42H58N8O10S. The summed E-state index contributed by atoms with van der Waals surface area (Å²) in [7, 11) is 0. The first-order valence-electron chi connectivity index (χ1n) is 20.9. The van der Waals surface area contributed by atoms with Crippen LogP contribution in [0.1, 0.15) is 72.3 Å². The van der Waals surface area contributed by atoms with Crippen LogP contribution in [-0.4, -0.2) is 124 Å². The molecule has 9 N–H and O–H groups in total. The lowest BCUT2D eigenvalue weighted by atomic mass is 9.83. The standard InChI is InChI=1S/C42H58N8O10S/c1-6-21(4)36-40(59)45-16-34(55)46-29-19-61-41-27(26-9-7-8-10-28(26)47-41)11-23(38(57)44-17-35(56)48-36)12-32(53)37(22(5)20(2)3)49-39(58)30-15-25(51)18-50(30)42(60)24(13-31(29)52)14-33(43)54/h7-10,20-25,29-30,36-37,47,51H,6,11-19H2,1-5H3,(H2,43,54)(H,44,57)(H,45,59)(H,46,55)(H,48,56)(H,49,58)/t21-,22-,23+,24-,25+,29-,30?,36-,37-/m0/s1. The summed E-state index contributed by atoms with van der Waals surface area (Å²) in [5.74, 6) is -9.93. The Hall–Kier alpha value is -5.30. The highest BCUT2D eigenvalue weighted by molar-refractivity contribution is 7.99. The number of nitrogens with one attached hydrogen (secondary N) is 6. The molecule has 1 fully saturated rings. The van der Waals surface area contributed by atoms with Crippen molar-refractivity contribution in [3.05, 3.63) is 29.8 Å². The second-order valence-corrected chi connectivity index (χ2v) is 17.9. The fourth-order valence-electron chi connectivity index (χ4n) is 8.07. The summed E-state index contributed by atoms with van der Waals surface area (Å²) in [6.45, 7) is 7.66. The molecule has 1 aromatic heterocycles. The number of nitrogens with two attached hydrogens (primary N) is 1. The minimum Gasteiger partial charge on any atom is -0.391 e. The molecule has 18 nitrogen and oxygen atoms in total. The SMILES string of the molecule is CC[C@H](C)[C@@H]1NC(=O)CNC(=O)[C@H]2CC(=O)[C@H]([C@@H](C)C(C)C)NC(=O)C3C[C@@H](O)CN3C(=O)[C@H](CC(N)=O)CC(=O)[C@H](CSc3[nH]c4ccccc4c3C2)NC(=O)CNC1=O. The van der Waals surface area contributed by atoms with Gasteiger partial charge in [0.05, 0.1) is 42.2 Å². The molecule has 2 bridgehead atoms. The maximum atomic E-state index is 14.6. The van der Waals surface area contributed by atoms with Gasteiger partial charge in [-0.1, -0.05) is 59.2 Å². The number of carbonyl (C=O) groups is 9. The van der Waals surface area contributed by atoms with Gasteiger partial charge in [0.2, 0.25) is 41.4 Å². The molecule has 19 heteroatoms. The Labute approximate surface area is 358 Å². The monoisotopic (exact) mass is 866 g/mol. The van der Waals surface area contributed by atoms with Gasteiger partial charge in [0, 0.05) is 54.8 Å². The number of hydrogen-bond acceptors (Lipinski definition) is 11.